The molecule has 2 aliphatic heterocycles. The zero-order chi connectivity index (χ0) is 19.5. The first-order valence-electron chi connectivity index (χ1n) is 9.80. The van der Waals surface area contributed by atoms with Gasteiger partial charge in [0.2, 0.25) is 5.91 Å². The van der Waals surface area contributed by atoms with E-state index in [9.17, 15) is 14.0 Å². The predicted octanol–water partition coefficient (Wildman–Crippen LogP) is 3.98. The Bertz CT molecular complexity index is 841. The number of amides is 2. The number of piperidine rings is 1. The molecule has 0 unspecified atom stereocenters. The number of carbonyl (C=O) groups is 2. The Kier molecular flexibility index (Phi) is 5.62. The van der Waals surface area contributed by atoms with E-state index >= 15 is 0 Å². The summed E-state index contributed by atoms with van der Waals surface area (Å²) in [5.74, 6) is -0.741. The molecule has 0 saturated carbocycles. The summed E-state index contributed by atoms with van der Waals surface area (Å²) in [5.41, 5.74) is 1.04. The van der Waals surface area contributed by atoms with E-state index in [1.165, 1.54) is 17.4 Å². The molecule has 2 amide bonds. The lowest BCUT2D eigenvalue weighted by atomic mass is 9.95. The second kappa shape index (κ2) is 8.31. The Labute approximate surface area is 168 Å². The van der Waals surface area contributed by atoms with Crippen molar-refractivity contribution in [3.63, 3.8) is 0 Å². The van der Waals surface area contributed by atoms with Gasteiger partial charge < -0.3 is 15.1 Å². The number of benzene rings is 1. The van der Waals surface area contributed by atoms with Crippen LogP contribution in [-0.4, -0.2) is 42.9 Å². The second-order valence-electron chi connectivity index (χ2n) is 7.36. The molecule has 7 heteroatoms. The molecule has 2 aliphatic rings. The van der Waals surface area contributed by atoms with Crippen LogP contribution in [0.25, 0.3) is 0 Å². The molecule has 1 N–H and O–H groups in total. The minimum Gasteiger partial charge on any atom is -0.370 e. The van der Waals surface area contributed by atoms with E-state index in [1.54, 1.807) is 11.0 Å². The van der Waals surface area contributed by atoms with Crippen LogP contribution in [0.1, 0.15) is 35.4 Å². The van der Waals surface area contributed by atoms with Crippen LogP contribution in [0.3, 0.4) is 0 Å². The van der Waals surface area contributed by atoms with Crippen molar-refractivity contribution in [1.29, 1.82) is 0 Å². The molecule has 0 aliphatic carbocycles. The molecule has 2 aromatic rings. The molecule has 0 spiro atoms. The van der Waals surface area contributed by atoms with Crippen LogP contribution < -0.4 is 10.2 Å². The molecule has 0 bridgehead atoms. The summed E-state index contributed by atoms with van der Waals surface area (Å²) in [6.45, 7) is 2.86. The average Bonchev–Trinajstić information content (AvgIpc) is 3.43. The number of halogens is 1. The first kappa shape index (κ1) is 18.9. The number of hydrogen-bond acceptors (Lipinski definition) is 4. The maximum Gasteiger partial charge on any atom is 0.263 e. The molecule has 28 heavy (non-hydrogen) atoms. The van der Waals surface area contributed by atoms with Gasteiger partial charge in [-0.1, -0.05) is 12.1 Å². The Balaban J connectivity index is 1.39. The standard InChI is InChI=1S/C21H24FN3O2S/c22-16-5-3-6-17(24-10-1-2-11-24)19(16)23-20(26)15-8-12-25(13-9-15)21(27)18-7-4-14-28-18/h3-7,14-15H,1-2,8-13H2,(H,23,26). The van der Waals surface area contributed by atoms with Gasteiger partial charge in [-0.3, -0.25) is 9.59 Å². The highest BCUT2D eigenvalue weighted by atomic mass is 32.1. The highest BCUT2D eigenvalue weighted by Gasteiger charge is 2.29. The number of nitrogens with zero attached hydrogens (tertiary/aromatic N) is 2. The molecule has 5 nitrogen and oxygen atoms in total. The number of nitrogens with one attached hydrogen (secondary N) is 1. The van der Waals surface area contributed by atoms with Crippen molar-refractivity contribution in [3.8, 4) is 0 Å². The van der Waals surface area contributed by atoms with Gasteiger partial charge in [0.15, 0.2) is 0 Å². The predicted molar refractivity (Wildman–Crippen MR) is 109 cm³/mol. The molecule has 4 rings (SSSR count). The molecule has 0 atom stereocenters. The van der Waals surface area contributed by atoms with Crippen molar-refractivity contribution in [3.05, 3.63) is 46.4 Å². The van der Waals surface area contributed by atoms with Crippen molar-refractivity contribution in [2.45, 2.75) is 25.7 Å². The van der Waals surface area contributed by atoms with E-state index in [0.717, 1.165) is 36.5 Å². The molecule has 1 aromatic heterocycles. The summed E-state index contributed by atoms with van der Waals surface area (Å²) in [6, 6.07) is 8.63. The second-order valence-corrected chi connectivity index (χ2v) is 8.31. The van der Waals surface area contributed by atoms with E-state index in [-0.39, 0.29) is 23.4 Å². The Morgan fingerprint density at radius 1 is 1.04 bits per heavy atom. The number of rotatable bonds is 4. The lowest BCUT2D eigenvalue weighted by molar-refractivity contribution is -0.121. The van der Waals surface area contributed by atoms with Crippen LogP contribution in [0.4, 0.5) is 15.8 Å². The van der Waals surface area contributed by atoms with Gasteiger partial charge in [-0.25, -0.2) is 4.39 Å². The molecule has 2 saturated heterocycles. The Morgan fingerprint density at radius 3 is 2.46 bits per heavy atom. The fraction of sp³-hybridized carbons (Fsp3) is 0.429. The van der Waals surface area contributed by atoms with Crippen molar-refractivity contribution in [1.82, 2.24) is 4.90 Å². The smallest absolute Gasteiger partial charge is 0.263 e. The van der Waals surface area contributed by atoms with Gasteiger partial charge in [-0.05, 0) is 49.3 Å². The maximum absolute atomic E-state index is 14.5. The van der Waals surface area contributed by atoms with Gasteiger partial charge >= 0.3 is 0 Å². The van der Waals surface area contributed by atoms with Crippen LogP contribution in [0, 0.1) is 11.7 Å². The third kappa shape index (κ3) is 3.90. The largest absolute Gasteiger partial charge is 0.370 e. The average molecular weight is 402 g/mol. The van der Waals surface area contributed by atoms with Gasteiger partial charge in [0.25, 0.3) is 5.91 Å². The van der Waals surface area contributed by atoms with E-state index in [0.29, 0.717) is 25.9 Å². The van der Waals surface area contributed by atoms with Crippen molar-refractivity contribution in [2.75, 3.05) is 36.4 Å². The molecule has 3 heterocycles. The number of para-hydroxylation sites is 1. The number of thiophene rings is 1. The minimum absolute atomic E-state index is 0.0271. The Hall–Kier alpha value is -2.41. The highest BCUT2D eigenvalue weighted by Crippen LogP contribution is 2.32. The van der Waals surface area contributed by atoms with Crippen LogP contribution in [0.2, 0.25) is 0 Å². The number of likely N-dealkylation sites (tertiary alicyclic amines) is 1. The third-order valence-corrected chi connectivity index (χ3v) is 6.43. The quantitative estimate of drug-likeness (QED) is 0.843. The highest BCUT2D eigenvalue weighted by molar-refractivity contribution is 7.12. The van der Waals surface area contributed by atoms with Crippen LogP contribution in [0.5, 0.6) is 0 Å². The molecular formula is C21H24FN3O2S. The number of carbonyl (C=O) groups excluding carboxylic acids is 2. The molecule has 148 valence electrons. The van der Waals surface area contributed by atoms with E-state index < -0.39 is 5.82 Å². The van der Waals surface area contributed by atoms with E-state index in [4.69, 9.17) is 0 Å². The van der Waals surface area contributed by atoms with Crippen LogP contribution in [0.15, 0.2) is 35.7 Å². The fourth-order valence-corrected chi connectivity index (χ4v) is 4.67. The summed E-state index contributed by atoms with van der Waals surface area (Å²) in [4.78, 5) is 29.9. The molecule has 1 aromatic carbocycles. The van der Waals surface area contributed by atoms with Gasteiger partial charge in [0.1, 0.15) is 11.5 Å². The normalized spacial score (nSPS) is 17.8. The first-order chi connectivity index (χ1) is 13.6. The van der Waals surface area contributed by atoms with Gasteiger partial charge in [-0.15, -0.1) is 11.3 Å². The van der Waals surface area contributed by atoms with Crippen LogP contribution >= 0.6 is 11.3 Å². The molecule has 2 fully saturated rings. The van der Waals surface area contributed by atoms with Crippen molar-refractivity contribution in [2.24, 2.45) is 5.92 Å². The van der Waals surface area contributed by atoms with Crippen molar-refractivity contribution >= 4 is 34.5 Å². The lowest BCUT2D eigenvalue weighted by Crippen LogP contribution is -2.41. The van der Waals surface area contributed by atoms with Crippen molar-refractivity contribution < 1.29 is 14.0 Å². The number of hydrogen-bond donors (Lipinski definition) is 1. The maximum atomic E-state index is 14.5. The monoisotopic (exact) mass is 401 g/mol. The van der Waals surface area contributed by atoms with Gasteiger partial charge in [0.05, 0.1) is 10.6 Å². The first-order valence-corrected chi connectivity index (χ1v) is 10.7. The molecule has 0 radical (unpaired) electrons. The SMILES string of the molecule is O=C(Nc1c(F)cccc1N1CCCC1)C1CCN(C(=O)c2cccs2)CC1. The summed E-state index contributed by atoms with van der Waals surface area (Å²) in [5, 5.41) is 4.73. The Morgan fingerprint density at radius 2 is 1.79 bits per heavy atom. The lowest BCUT2D eigenvalue weighted by Gasteiger charge is -2.31. The van der Waals surface area contributed by atoms with Crippen LogP contribution in [-0.2, 0) is 4.79 Å². The van der Waals surface area contributed by atoms with Gasteiger partial charge in [-0.2, -0.15) is 0 Å². The summed E-state index contributed by atoms with van der Waals surface area (Å²) in [6.07, 6.45) is 3.36. The zero-order valence-corrected chi connectivity index (χ0v) is 16.5. The summed E-state index contributed by atoms with van der Waals surface area (Å²) in [7, 11) is 0. The zero-order valence-electron chi connectivity index (χ0n) is 15.7. The summed E-state index contributed by atoms with van der Waals surface area (Å²) < 4.78 is 14.5. The minimum atomic E-state index is -0.400. The molecular weight excluding hydrogens is 377 g/mol. The summed E-state index contributed by atoms with van der Waals surface area (Å²) >= 11 is 1.43. The number of anilines is 2. The van der Waals surface area contributed by atoms with E-state index in [2.05, 4.69) is 10.2 Å². The van der Waals surface area contributed by atoms with E-state index in [1.807, 2.05) is 23.6 Å². The van der Waals surface area contributed by atoms with Gasteiger partial charge in [0, 0.05) is 32.1 Å². The topological polar surface area (TPSA) is 52.7 Å². The fourth-order valence-electron chi connectivity index (χ4n) is 3.98. The third-order valence-electron chi connectivity index (χ3n) is 5.57.